The second-order valence-corrected chi connectivity index (χ2v) is 5.33. The summed E-state index contributed by atoms with van der Waals surface area (Å²) in [6, 6.07) is 0. The maximum atomic E-state index is 8.94. The molecule has 0 spiro atoms. The third-order valence-electron chi connectivity index (χ3n) is 0. The third-order valence-corrected chi connectivity index (χ3v) is 0. The summed E-state index contributed by atoms with van der Waals surface area (Å²) in [4.78, 5) is 8.00. The fraction of sp³-hybridized carbons (Fsp3) is 0. The van der Waals surface area contributed by atoms with Crippen LogP contribution >= 0.6 is 0 Å². The van der Waals surface area contributed by atoms with E-state index in [1.165, 1.54) is 0 Å². The Labute approximate surface area is 73.0 Å². The van der Waals surface area contributed by atoms with Crippen LogP contribution in [0.25, 0.3) is 0 Å². The van der Waals surface area contributed by atoms with Crippen LogP contribution in [-0.4, -0.2) is 60.4 Å². The summed E-state index contributed by atoms with van der Waals surface area (Å²) in [5, 5.41) is 0. The molecule has 0 saturated heterocycles. The van der Waals surface area contributed by atoms with Gasteiger partial charge in [-0.15, -0.1) is 0 Å². The summed E-state index contributed by atoms with van der Waals surface area (Å²) in [6.45, 7) is 2.00. The van der Waals surface area contributed by atoms with Crippen LogP contribution in [0.2, 0.25) is 0 Å². The standard InChI is InChI=1S/CH2O.2AsH3O4/c1-2;2*2-1(3,4)5/h1H2;2*(H3,2,3,4,5). The van der Waals surface area contributed by atoms with Gasteiger partial charge in [0.15, 0.2) is 0 Å². The van der Waals surface area contributed by atoms with E-state index in [-0.39, 0.29) is 0 Å². The molecule has 0 radical (unpaired) electrons. The molecule has 0 heterocycles. The van der Waals surface area contributed by atoms with E-state index in [9.17, 15) is 0 Å². The van der Waals surface area contributed by atoms with E-state index in [1.54, 1.807) is 0 Å². The molecule has 0 aliphatic rings. The quantitative estimate of drug-likeness (QED) is 0.241. The number of hydrogen-bond donors (Lipinski definition) is 6. The molecule has 0 unspecified atom stereocenters. The van der Waals surface area contributed by atoms with Crippen molar-refractivity contribution < 1.29 is 36.8 Å². The Bertz CT molecular complexity index is 136. The average molecular weight is 314 g/mol. The van der Waals surface area contributed by atoms with E-state index in [2.05, 4.69) is 0 Å². The van der Waals surface area contributed by atoms with Crippen LogP contribution in [-0.2, 0) is 12.3 Å². The molecule has 0 bridgehead atoms. The fourth-order valence-corrected chi connectivity index (χ4v) is 0. The molecule has 0 aromatic carbocycles. The number of hydrogen-bond acceptors (Lipinski definition) is 3. The minimum atomic E-state index is -5.12. The van der Waals surface area contributed by atoms with Gasteiger partial charge in [0.25, 0.3) is 0 Å². The predicted molar refractivity (Wildman–Crippen MR) is 33.3 cm³/mol. The van der Waals surface area contributed by atoms with Gasteiger partial charge in [0.2, 0.25) is 0 Å². The van der Waals surface area contributed by atoms with Crippen LogP contribution < -0.4 is 0 Å². The Kier molecular flexibility index (Phi) is 11.7. The summed E-state index contributed by atoms with van der Waals surface area (Å²) < 4.78 is 61.4. The normalized spacial score (nSPS) is 10.2. The average Bonchev–Trinajstić information content (AvgIpc) is 1.59. The van der Waals surface area contributed by atoms with Crippen molar-refractivity contribution in [2.75, 3.05) is 0 Å². The van der Waals surface area contributed by atoms with Crippen molar-refractivity contribution in [3.8, 4) is 0 Å². The van der Waals surface area contributed by atoms with E-state index >= 15 is 0 Å². The van der Waals surface area contributed by atoms with Gasteiger partial charge in [-0.25, -0.2) is 0 Å². The maximum absolute atomic E-state index is 8.94. The van der Waals surface area contributed by atoms with E-state index in [0.717, 1.165) is 0 Å². The molecule has 0 aromatic heterocycles. The first-order valence-corrected chi connectivity index (χ1v) is 8.42. The molecular weight excluding hydrogens is 306 g/mol. The van der Waals surface area contributed by atoms with Crippen LogP contribution in [0, 0.1) is 0 Å². The Morgan fingerprint density at radius 1 is 0.667 bits per heavy atom. The van der Waals surface area contributed by atoms with Gasteiger partial charge in [-0.2, -0.15) is 0 Å². The zero-order valence-corrected chi connectivity index (χ0v) is 9.26. The first-order chi connectivity index (χ1) is 5.00. The first kappa shape index (κ1) is 18.0. The van der Waals surface area contributed by atoms with Crippen LogP contribution in [0.5, 0.6) is 0 Å². The number of rotatable bonds is 0. The van der Waals surface area contributed by atoms with Gasteiger partial charge in [0.1, 0.15) is 6.79 Å². The second-order valence-electron chi connectivity index (χ2n) is 1.03. The Balaban J connectivity index is -0.000000112. The topological polar surface area (TPSA) is 173 Å². The van der Waals surface area contributed by atoms with Crippen LogP contribution in [0.1, 0.15) is 0 Å². The fourth-order valence-electron chi connectivity index (χ4n) is 0. The first-order valence-electron chi connectivity index (χ1n) is 1.85. The van der Waals surface area contributed by atoms with Crippen molar-refractivity contribution in [3.63, 3.8) is 0 Å². The molecule has 11 heteroatoms. The molecule has 0 aromatic rings. The molecule has 0 atom stereocenters. The van der Waals surface area contributed by atoms with Gasteiger partial charge < -0.3 is 4.79 Å². The summed E-state index contributed by atoms with van der Waals surface area (Å²) in [7, 11) is 0. The van der Waals surface area contributed by atoms with E-state index < -0.39 is 29.0 Å². The molecule has 76 valence electrons. The molecule has 12 heavy (non-hydrogen) atoms. The minimum absolute atomic E-state index is 2.00. The molecule has 0 aliphatic heterocycles. The second kappa shape index (κ2) is 7.78. The monoisotopic (exact) mass is 314 g/mol. The Morgan fingerprint density at radius 2 is 0.667 bits per heavy atom. The third kappa shape index (κ3) is 39300. The van der Waals surface area contributed by atoms with Gasteiger partial charge in [-0.05, 0) is 0 Å². The summed E-state index contributed by atoms with van der Waals surface area (Å²) in [6.07, 6.45) is 0. The molecular formula is CH8As2O9. The summed E-state index contributed by atoms with van der Waals surface area (Å²) in [5.41, 5.74) is 0. The van der Waals surface area contributed by atoms with Crippen molar-refractivity contribution in [3.05, 3.63) is 0 Å². The van der Waals surface area contributed by atoms with Gasteiger partial charge >= 0.3 is 61.1 Å². The van der Waals surface area contributed by atoms with Crippen molar-refractivity contribution in [2.45, 2.75) is 0 Å². The molecule has 9 nitrogen and oxygen atoms in total. The predicted octanol–water partition coefficient (Wildman–Crippen LogP) is -4.53. The molecule has 0 rings (SSSR count). The summed E-state index contributed by atoms with van der Waals surface area (Å²) >= 11 is -10.2. The van der Waals surface area contributed by atoms with Crippen molar-refractivity contribution in [2.24, 2.45) is 0 Å². The Hall–Kier alpha value is 0.147. The SMILES string of the molecule is C=O.O=[As](O)(O)O.O=[As](O)(O)O. The van der Waals surface area contributed by atoms with E-state index in [4.69, 9.17) is 36.8 Å². The zero-order valence-electron chi connectivity index (χ0n) is 5.51. The van der Waals surface area contributed by atoms with Crippen molar-refractivity contribution in [1.82, 2.24) is 0 Å². The van der Waals surface area contributed by atoms with Crippen LogP contribution in [0.3, 0.4) is 0 Å². The number of carbonyl (C=O) groups excluding carboxylic acids is 1. The van der Waals surface area contributed by atoms with Gasteiger partial charge in [0, 0.05) is 0 Å². The van der Waals surface area contributed by atoms with Gasteiger partial charge in [-0.3, -0.25) is 0 Å². The zero-order chi connectivity index (χ0) is 11.0. The van der Waals surface area contributed by atoms with Gasteiger partial charge in [-0.1, -0.05) is 0 Å². The Morgan fingerprint density at radius 3 is 0.667 bits per heavy atom. The van der Waals surface area contributed by atoms with E-state index in [0.29, 0.717) is 0 Å². The van der Waals surface area contributed by atoms with Gasteiger partial charge in [0.05, 0.1) is 0 Å². The molecule has 0 saturated carbocycles. The molecule has 0 aliphatic carbocycles. The number of carbonyl (C=O) groups is 1. The van der Waals surface area contributed by atoms with Crippen LogP contribution in [0.15, 0.2) is 0 Å². The molecule has 6 N–H and O–H groups in total. The van der Waals surface area contributed by atoms with Crippen molar-refractivity contribution >= 4 is 35.8 Å². The van der Waals surface area contributed by atoms with Crippen LogP contribution in [0.4, 0.5) is 0 Å². The summed E-state index contributed by atoms with van der Waals surface area (Å²) in [5.74, 6) is 0. The van der Waals surface area contributed by atoms with E-state index in [1.807, 2.05) is 6.79 Å². The molecule has 0 fully saturated rings. The van der Waals surface area contributed by atoms with Crippen molar-refractivity contribution in [1.29, 1.82) is 0 Å². The molecule has 0 amide bonds.